The topological polar surface area (TPSA) is 41.1 Å². The summed E-state index contributed by atoms with van der Waals surface area (Å²) < 4.78 is 26.5. The van der Waals surface area contributed by atoms with Crippen molar-refractivity contribution in [3.05, 3.63) is 101 Å². The van der Waals surface area contributed by atoms with E-state index < -0.39 is 11.6 Å². The molecule has 3 aromatic carbocycles. The van der Waals surface area contributed by atoms with E-state index in [0.29, 0.717) is 23.4 Å². The van der Waals surface area contributed by atoms with Gasteiger partial charge in [0, 0.05) is 23.8 Å². The van der Waals surface area contributed by atoms with Crippen LogP contribution in [0.2, 0.25) is 0 Å². The second-order valence-electron chi connectivity index (χ2n) is 6.80. The summed E-state index contributed by atoms with van der Waals surface area (Å²) in [6.07, 6.45) is 0. The number of carbonyl (C=O) groups excluding carboxylic acids is 1. The van der Waals surface area contributed by atoms with E-state index in [9.17, 15) is 13.6 Å². The molecule has 0 saturated carbocycles. The Labute approximate surface area is 163 Å². The predicted molar refractivity (Wildman–Crippen MR) is 107 cm³/mol. The maximum Gasteiger partial charge on any atom is 0.255 e. The molecule has 0 radical (unpaired) electrons. The summed E-state index contributed by atoms with van der Waals surface area (Å²) in [6.45, 7) is 4.38. The van der Waals surface area contributed by atoms with Gasteiger partial charge in [-0.2, -0.15) is 0 Å². The van der Waals surface area contributed by atoms with Gasteiger partial charge >= 0.3 is 0 Å². The van der Waals surface area contributed by atoms with Crippen LogP contribution in [0.5, 0.6) is 0 Å². The fourth-order valence-corrected chi connectivity index (χ4v) is 2.84. The molecule has 0 aliphatic carbocycles. The van der Waals surface area contributed by atoms with Crippen LogP contribution in [0.25, 0.3) is 0 Å². The maximum atomic E-state index is 13.4. The summed E-state index contributed by atoms with van der Waals surface area (Å²) in [4.78, 5) is 12.4. The normalized spacial score (nSPS) is 11.9. The zero-order chi connectivity index (χ0) is 20.1. The number of aryl methyl sites for hydroxylation is 1. The number of anilines is 1. The average Bonchev–Trinajstić information content (AvgIpc) is 2.69. The smallest absolute Gasteiger partial charge is 0.255 e. The zero-order valence-electron chi connectivity index (χ0n) is 15.8. The molecule has 0 fully saturated rings. The molecule has 0 aliphatic heterocycles. The third kappa shape index (κ3) is 5.02. The van der Waals surface area contributed by atoms with Gasteiger partial charge in [-0.25, -0.2) is 8.78 Å². The number of benzene rings is 3. The molecule has 3 rings (SSSR count). The number of carbonyl (C=O) groups is 1. The maximum absolute atomic E-state index is 13.4. The molecule has 0 unspecified atom stereocenters. The Morgan fingerprint density at radius 1 is 0.964 bits per heavy atom. The molecule has 144 valence electrons. The van der Waals surface area contributed by atoms with Gasteiger partial charge in [-0.1, -0.05) is 35.9 Å². The van der Waals surface area contributed by atoms with Gasteiger partial charge in [-0.05, 0) is 61.4 Å². The summed E-state index contributed by atoms with van der Waals surface area (Å²) >= 11 is 0. The number of nitrogens with one attached hydrogen (secondary N) is 2. The molecule has 0 aromatic heterocycles. The van der Waals surface area contributed by atoms with Crippen LogP contribution in [0.15, 0.2) is 66.7 Å². The van der Waals surface area contributed by atoms with Gasteiger partial charge in [0.1, 0.15) is 0 Å². The highest BCUT2D eigenvalue weighted by molar-refractivity contribution is 6.04. The number of hydrogen-bond acceptors (Lipinski definition) is 2. The molecule has 1 atom stereocenters. The van der Waals surface area contributed by atoms with Crippen molar-refractivity contribution in [2.45, 2.75) is 26.4 Å². The fraction of sp³-hybridized carbons (Fsp3) is 0.174. The van der Waals surface area contributed by atoms with Crippen molar-refractivity contribution >= 4 is 11.6 Å². The van der Waals surface area contributed by atoms with E-state index in [0.717, 1.165) is 17.2 Å². The first-order chi connectivity index (χ1) is 13.4. The molecule has 0 bridgehead atoms. The third-order valence-corrected chi connectivity index (χ3v) is 4.55. The molecule has 3 nitrogen and oxygen atoms in total. The lowest BCUT2D eigenvalue weighted by Crippen LogP contribution is -2.18. The molecule has 1 amide bonds. The molecular weight excluding hydrogens is 358 g/mol. The molecule has 0 saturated heterocycles. The van der Waals surface area contributed by atoms with Crippen molar-refractivity contribution in [1.29, 1.82) is 0 Å². The molecule has 2 N–H and O–H groups in total. The highest BCUT2D eigenvalue weighted by Gasteiger charge is 2.10. The first-order valence-corrected chi connectivity index (χ1v) is 9.07. The lowest BCUT2D eigenvalue weighted by molar-refractivity contribution is 0.102. The largest absolute Gasteiger partial charge is 0.322 e. The molecule has 0 heterocycles. The van der Waals surface area contributed by atoms with Gasteiger partial charge in [0.25, 0.3) is 5.91 Å². The molecule has 5 heteroatoms. The Balaban J connectivity index is 1.62. The number of hydrogen-bond donors (Lipinski definition) is 2. The Kier molecular flexibility index (Phi) is 6.16. The van der Waals surface area contributed by atoms with E-state index in [2.05, 4.69) is 10.6 Å². The van der Waals surface area contributed by atoms with E-state index in [1.54, 1.807) is 18.2 Å². The van der Waals surface area contributed by atoms with Crippen LogP contribution < -0.4 is 10.6 Å². The highest BCUT2D eigenvalue weighted by atomic mass is 19.2. The minimum Gasteiger partial charge on any atom is -0.322 e. The van der Waals surface area contributed by atoms with E-state index in [4.69, 9.17) is 0 Å². The van der Waals surface area contributed by atoms with Crippen molar-refractivity contribution in [2.75, 3.05) is 5.32 Å². The Hall–Kier alpha value is -3.05. The fourth-order valence-electron chi connectivity index (χ4n) is 2.84. The van der Waals surface area contributed by atoms with Gasteiger partial charge < -0.3 is 10.6 Å². The monoisotopic (exact) mass is 380 g/mol. The Morgan fingerprint density at radius 3 is 2.43 bits per heavy atom. The second-order valence-corrected chi connectivity index (χ2v) is 6.80. The van der Waals surface area contributed by atoms with E-state index >= 15 is 0 Å². The molecule has 0 aliphatic rings. The van der Waals surface area contributed by atoms with Crippen LogP contribution in [-0.4, -0.2) is 5.91 Å². The van der Waals surface area contributed by atoms with Crippen LogP contribution in [0.3, 0.4) is 0 Å². The minimum absolute atomic E-state index is 0.152. The Morgan fingerprint density at radius 2 is 1.71 bits per heavy atom. The lowest BCUT2D eigenvalue weighted by Gasteiger charge is -2.15. The third-order valence-electron chi connectivity index (χ3n) is 4.55. The number of amides is 1. The average molecular weight is 380 g/mol. The molecule has 3 aromatic rings. The van der Waals surface area contributed by atoms with Crippen molar-refractivity contribution < 1.29 is 13.6 Å². The summed E-state index contributed by atoms with van der Waals surface area (Å²) in [5, 5.41) is 6.17. The van der Waals surface area contributed by atoms with Crippen LogP contribution in [0.1, 0.15) is 40.0 Å². The summed E-state index contributed by atoms with van der Waals surface area (Å²) in [7, 11) is 0. The van der Waals surface area contributed by atoms with Crippen molar-refractivity contribution in [3.63, 3.8) is 0 Å². The van der Waals surface area contributed by atoms with Gasteiger partial charge in [0.15, 0.2) is 11.6 Å². The molecule has 0 spiro atoms. The summed E-state index contributed by atoms with van der Waals surface area (Å²) in [5.74, 6) is -1.87. The standard InChI is InChI=1S/C23H22F2N2O/c1-15-6-8-18(9-7-15)23(28)27-20-5-3-4-17(12-20)14-26-16(2)19-10-11-21(24)22(25)13-19/h3-13,16,26H,14H2,1-2H3,(H,27,28)/t16-/m1/s1. The van der Waals surface area contributed by atoms with E-state index in [1.807, 2.05) is 50.2 Å². The first kappa shape index (κ1) is 19.7. The minimum atomic E-state index is -0.855. The van der Waals surface area contributed by atoms with Crippen LogP contribution in [0, 0.1) is 18.6 Å². The molecular formula is C23H22F2N2O. The number of rotatable bonds is 6. The first-order valence-electron chi connectivity index (χ1n) is 9.07. The Bertz CT molecular complexity index is 971. The number of halogens is 2. The van der Waals surface area contributed by atoms with Crippen LogP contribution in [0.4, 0.5) is 14.5 Å². The van der Waals surface area contributed by atoms with Crippen molar-refractivity contribution in [3.8, 4) is 0 Å². The van der Waals surface area contributed by atoms with E-state index in [-0.39, 0.29) is 11.9 Å². The van der Waals surface area contributed by atoms with Gasteiger partial charge in [0.2, 0.25) is 0 Å². The predicted octanol–water partition coefficient (Wildman–Crippen LogP) is 5.38. The summed E-state index contributed by atoms with van der Waals surface area (Å²) in [5.41, 5.74) is 4.03. The zero-order valence-corrected chi connectivity index (χ0v) is 15.8. The second kappa shape index (κ2) is 8.76. The van der Waals surface area contributed by atoms with Gasteiger partial charge in [0.05, 0.1) is 0 Å². The van der Waals surface area contributed by atoms with Crippen LogP contribution in [-0.2, 0) is 6.54 Å². The SMILES string of the molecule is Cc1ccc(C(=O)Nc2cccc(CN[C@H](C)c3ccc(F)c(F)c3)c2)cc1. The van der Waals surface area contributed by atoms with E-state index in [1.165, 1.54) is 6.07 Å². The van der Waals surface area contributed by atoms with Crippen molar-refractivity contribution in [2.24, 2.45) is 0 Å². The molecule has 28 heavy (non-hydrogen) atoms. The van der Waals surface area contributed by atoms with Crippen LogP contribution >= 0.6 is 0 Å². The van der Waals surface area contributed by atoms with Gasteiger partial charge in [-0.15, -0.1) is 0 Å². The van der Waals surface area contributed by atoms with Crippen molar-refractivity contribution in [1.82, 2.24) is 5.32 Å². The highest BCUT2D eigenvalue weighted by Crippen LogP contribution is 2.18. The lowest BCUT2D eigenvalue weighted by atomic mass is 10.1. The summed E-state index contributed by atoms with van der Waals surface area (Å²) in [6, 6.07) is 18.6. The quantitative estimate of drug-likeness (QED) is 0.603. The van der Waals surface area contributed by atoms with Gasteiger partial charge in [-0.3, -0.25) is 4.79 Å².